The van der Waals surface area contributed by atoms with Crippen LogP contribution in [0.3, 0.4) is 0 Å². The van der Waals surface area contributed by atoms with Crippen molar-refractivity contribution in [2.45, 2.75) is 32.9 Å². The molecule has 0 heterocycles. The molecule has 1 atom stereocenters. The van der Waals surface area contributed by atoms with E-state index in [0.717, 1.165) is 10.0 Å². The number of nitrogens with two attached hydrogens (primary N) is 1. The lowest BCUT2D eigenvalue weighted by Crippen LogP contribution is -2.41. The largest absolute Gasteiger partial charge is 0.351 e. The number of halogens is 2. The second kappa shape index (κ2) is 8.51. The average Bonchev–Trinajstić information content (AvgIpc) is 2.25. The van der Waals surface area contributed by atoms with Crippen LogP contribution in [0.1, 0.15) is 25.8 Å². The molecule has 0 saturated carbocycles. The SMILES string of the molecule is CC(C)C[C@H](N)C(=O)NCc1cccc(Br)c1.Cl. The number of carbonyl (C=O) groups is 1. The highest BCUT2D eigenvalue weighted by Gasteiger charge is 2.14. The van der Waals surface area contributed by atoms with Gasteiger partial charge in [-0.3, -0.25) is 4.79 Å². The maximum Gasteiger partial charge on any atom is 0.237 e. The molecule has 0 spiro atoms. The lowest BCUT2D eigenvalue weighted by atomic mass is 10.0. The van der Waals surface area contributed by atoms with Crippen LogP contribution in [-0.4, -0.2) is 11.9 Å². The lowest BCUT2D eigenvalue weighted by Gasteiger charge is -2.14. The summed E-state index contributed by atoms with van der Waals surface area (Å²) < 4.78 is 1.01. The van der Waals surface area contributed by atoms with Gasteiger partial charge in [0.05, 0.1) is 6.04 Å². The van der Waals surface area contributed by atoms with Gasteiger partial charge in [-0.25, -0.2) is 0 Å². The first-order valence-electron chi connectivity index (χ1n) is 5.76. The van der Waals surface area contributed by atoms with Crippen LogP contribution >= 0.6 is 28.3 Å². The van der Waals surface area contributed by atoms with Crippen molar-refractivity contribution in [2.24, 2.45) is 11.7 Å². The molecule has 0 bridgehead atoms. The summed E-state index contributed by atoms with van der Waals surface area (Å²) in [6.45, 7) is 4.63. The van der Waals surface area contributed by atoms with Crippen LogP contribution in [0.5, 0.6) is 0 Å². The molecule has 1 amide bonds. The summed E-state index contributed by atoms with van der Waals surface area (Å²) in [5.41, 5.74) is 6.85. The van der Waals surface area contributed by atoms with E-state index in [1.165, 1.54) is 0 Å². The van der Waals surface area contributed by atoms with Crippen molar-refractivity contribution in [1.29, 1.82) is 0 Å². The van der Waals surface area contributed by atoms with Crippen LogP contribution in [0, 0.1) is 5.92 Å². The molecule has 0 fully saturated rings. The van der Waals surface area contributed by atoms with Crippen molar-refractivity contribution in [3.05, 3.63) is 34.3 Å². The van der Waals surface area contributed by atoms with Gasteiger partial charge in [0, 0.05) is 11.0 Å². The Labute approximate surface area is 123 Å². The van der Waals surface area contributed by atoms with Gasteiger partial charge in [-0.1, -0.05) is 41.9 Å². The Kier molecular flexibility index (Phi) is 8.24. The highest BCUT2D eigenvalue weighted by atomic mass is 79.9. The van der Waals surface area contributed by atoms with E-state index in [4.69, 9.17) is 5.73 Å². The van der Waals surface area contributed by atoms with Crippen molar-refractivity contribution in [3.63, 3.8) is 0 Å². The van der Waals surface area contributed by atoms with Gasteiger partial charge in [-0.2, -0.15) is 0 Å². The number of amides is 1. The highest BCUT2D eigenvalue weighted by molar-refractivity contribution is 9.10. The Morgan fingerprint density at radius 3 is 2.67 bits per heavy atom. The van der Waals surface area contributed by atoms with E-state index in [9.17, 15) is 4.79 Å². The lowest BCUT2D eigenvalue weighted by molar-refractivity contribution is -0.122. The maximum atomic E-state index is 11.7. The van der Waals surface area contributed by atoms with Gasteiger partial charge in [0.15, 0.2) is 0 Å². The fraction of sp³-hybridized carbons (Fsp3) is 0.462. The van der Waals surface area contributed by atoms with Gasteiger partial charge in [0.1, 0.15) is 0 Å². The molecule has 0 aromatic heterocycles. The quantitative estimate of drug-likeness (QED) is 0.869. The molecule has 0 aliphatic carbocycles. The minimum absolute atomic E-state index is 0. The zero-order valence-electron chi connectivity index (χ0n) is 10.7. The van der Waals surface area contributed by atoms with Gasteiger partial charge in [-0.05, 0) is 30.0 Å². The molecular formula is C13H20BrClN2O. The molecule has 3 nitrogen and oxygen atoms in total. The van der Waals surface area contributed by atoms with Crippen LogP contribution in [0.2, 0.25) is 0 Å². The molecule has 0 saturated heterocycles. The molecule has 0 aliphatic heterocycles. The van der Waals surface area contributed by atoms with E-state index >= 15 is 0 Å². The van der Waals surface area contributed by atoms with Gasteiger partial charge < -0.3 is 11.1 Å². The van der Waals surface area contributed by atoms with Crippen molar-refractivity contribution in [3.8, 4) is 0 Å². The van der Waals surface area contributed by atoms with E-state index in [2.05, 4.69) is 35.1 Å². The van der Waals surface area contributed by atoms with Crippen LogP contribution in [0.15, 0.2) is 28.7 Å². The smallest absolute Gasteiger partial charge is 0.237 e. The number of benzene rings is 1. The third-order valence-corrected chi connectivity index (χ3v) is 2.91. The van der Waals surface area contributed by atoms with Crippen LogP contribution in [0.25, 0.3) is 0 Å². The zero-order chi connectivity index (χ0) is 12.8. The summed E-state index contributed by atoms with van der Waals surface area (Å²) in [4.78, 5) is 11.7. The van der Waals surface area contributed by atoms with Gasteiger partial charge >= 0.3 is 0 Å². The summed E-state index contributed by atoms with van der Waals surface area (Å²) in [6.07, 6.45) is 0.713. The Morgan fingerprint density at radius 2 is 2.11 bits per heavy atom. The molecule has 1 aromatic carbocycles. The van der Waals surface area contributed by atoms with E-state index in [1.807, 2.05) is 24.3 Å². The Hall–Kier alpha value is -0.580. The number of carbonyl (C=O) groups excluding carboxylic acids is 1. The minimum Gasteiger partial charge on any atom is -0.351 e. The Morgan fingerprint density at radius 1 is 1.44 bits per heavy atom. The predicted octanol–water partition coefficient (Wildman–Crippen LogP) is 2.86. The average molecular weight is 336 g/mol. The van der Waals surface area contributed by atoms with E-state index in [1.54, 1.807) is 0 Å². The van der Waals surface area contributed by atoms with Gasteiger partial charge in [0.25, 0.3) is 0 Å². The topological polar surface area (TPSA) is 55.1 Å². The first kappa shape index (κ1) is 17.4. The number of hydrogen-bond donors (Lipinski definition) is 2. The molecule has 0 aliphatic rings. The monoisotopic (exact) mass is 334 g/mol. The summed E-state index contributed by atoms with van der Waals surface area (Å²) in [5, 5.41) is 2.85. The summed E-state index contributed by atoms with van der Waals surface area (Å²) in [5.74, 6) is 0.347. The molecule has 18 heavy (non-hydrogen) atoms. The Bertz CT molecular complexity index is 385. The molecule has 0 unspecified atom stereocenters. The predicted molar refractivity (Wildman–Crippen MR) is 80.7 cm³/mol. The minimum atomic E-state index is -0.415. The van der Waals surface area contributed by atoms with Crippen molar-refractivity contribution < 1.29 is 4.79 Å². The fourth-order valence-electron chi connectivity index (χ4n) is 1.58. The van der Waals surface area contributed by atoms with E-state index < -0.39 is 6.04 Å². The number of rotatable bonds is 5. The molecule has 5 heteroatoms. The normalized spacial score (nSPS) is 11.8. The summed E-state index contributed by atoms with van der Waals surface area (Å²) >= 11 is 3.39. The summed E-state index contributed by atoms with van der Waals surface area (Å²) in [7, 11) is 0. The first-order chi connectivity index (χ1) is 7.99. The van der Waals surface area contributed by atoms with Gasteiger partial charge in [0.2, 0.25) is 5.91 Å². The third-order valence-electron chi connectivity index (χ3n) is 2.42. The first-order valence-corrected chi connectivity index (χ1v) is 6.56. The Balaban J connectivity index is 0.00000289. The molecule has 3 N–H and O–H groups in total. The second-order valence-corrected chi connectivity index (χ2v) is 5.50. The van der Waals surface area contributed by atoms with Gasteiger partial charge in [-0.15, -0.1) is 12.4 Å². The standard InChI is InChI=1S/C13H19BrN2O.ClH/c1-9(2)6-12(15)13(17)16-8-10-4-3-5-11(14)7-10;/h3-5,7,9,12H,6,8,15H2,1-2H3,(H,16,17);1H/t12-;/m0./s1. The van der Waals surface area contributed by atoms with Crippen LogP contribution in [0.4, 0.5) is 0 Å². The van der Waals surface area contributed by atoms with Crippen molar-refractivity contribution in [2.75, 3.05) is 0 Å². The van der Waals surface area contributed by atoms with Crippen LogP contribution < -0.4 is 11.1 Å². The maximum absolute atomic E-state index is 11.7. The third kappa shape index (κ3) is 6.38. The zero-order valence-corrected chi connectivity index (χ0v) is 13.1. The van der Waals surface area contributed by atoms with Crippen molar-refractivity contribution >= 4 is 34.2 Å². The summed E-state index contributed by atoms with van der Waals surface area (Å²) in [6, 6.07) is 7.44. The molecule has 1 rings (SSSR count). The molecular weight excluding hydrogens is 316 g/mol. The van der Waals surface area contributed by atoms with E-state index in [-0.39, 0.29) is 18.3 Å². The van der Waals surface area contributed by atoms with E-state index in [0.29, 0.717) is 18.9 Å². The molecule has 0 radical (unpaired) electrons. The van der Waals surface area contributed by atoms with Crippen LogP contribution in [-0.2, 0) is 11.3 Å². The highest BCUT2D eigenvalue weighted by Crippen LogP contribution is 2.11. The second-order valence-electron chi connectivity index (χ2n) is 4.58. The molecule has 102 valence electrons. The fourth-order valence-corrected chi connectivity index (χ4v) is 2.03. The molecule has 1 aromatic rings. The number of hydrogen-bond acceptors (Lipinski definition) is 2. The van der Waals surface area contributed by atoms with Crippen molar-refractivity contribution in [1.82, 2.24) is 5.32 Å². The number of nitrogens with one attached hydrogen (secondary N) is 1.